The summed E-state index contributed by atoms with van der Waals surface area (Å²) in [5, 5.41) is 9.41. The molecule has 0 bridgehead atoms. The van der Waals surface area contributed by atoms with Gasteiger partial charge in [0.15, 0.2) is 17.3 Å². The molecule has 0 aliphatic carbocycles. The number of halogens is 1. The van der Waals surface area contributed by atoms with Crippen LogP contribution in [0.4, 0.5) is 0 Å². The summed E-state index contributed by atoms with van der Waals surface area (Å²) >= 11 is 1.56. The van der Waals surface area contributed by atoms with E-state index < -0.39 is 0 Å². The van der Waals surface area contributed by atoms with E-state index in [9.17, 15) is 14.7 Å². The van der Waals surface area contributed by atoms with Gasteiger partial charge in [0.2, 0.25) is 3.79 Å². The van der Waals surface area contributed by atoms with E-state index in [0.29, 0.717) is 11.3 Å². The minimum absolute atomic E-state index is 0.00910. The minimum atomic E-state index is -0.317. The zero-order valence-electron chi connectivity index (χ0n) is 9.36. The summed E-state index contributed by atoms with van der Waals surface area (Å²) in [5.74, 6) is 0.00817. The second kappa shape index (κ2) is 5.81. The van der Waals surface area contributed by atoms with Crippen LogP contribution in [0.5, 0.6) is 11.5 Å². The number of benzene rings is 1. The molecule has 0 aliphatic rings. The number of carbonyl (C=O) groups is 2. The molecule has 0 unspecified atom stereocenters. The van der Waals surface area contributed by atoms with Crippen molar-refractivity contribution in [2.75, 3.05) is 7.11 Å². The SMILES string of the molecule is COc1cc(/C=C(\C(C)=O)C(=O)I)ccc1O. The summed E-state index contributed by atoms with van der Waals surface area (Å²) in [7, 11) is 1.43. The summed E-state index contributed by atoms with van der Waals surface area (Å²) in [5.41, 5.74) is 0.730. The van der Waals surface area contributed by atoms with E-state index in [-0.39, 0.29) is 20.9 Å². The molecule has 0 fully saturated rings. The van der Waals surface area contributed by atoms with Crippen LogP contribution in [-0.4, -0.2) is 21.8 Å². The zero-order valence-corrected chi connectivity index (χ0v) is 11.5. The van der Waals surface area contributed by atoms with Crippen molar-refractivity contribution in [1.82, 2.24) is 0 Å². The lowest BCUT2D eigenvalue weighted by Crippen LogP contribution is -2.03. The highest BCUT2D eigenvalue weighted by molar-refractivity contribution is 14.1. The Morgan fingerprint density at radius 1 is 1.41 bits per heavy atom. The third-order valence-electron chi connectivity index (χ3n) is 2.11. The Bertz CT molecular complexity index is 475. The fourth-order valence-electron chi connectivity index (χ4n) is 1.25. The minimum Gasteiger partial charge on any atom is -0.504 e. The molecule has 5 heteroatoms. The Morgan fingerprint density at radius 2 is 2.06 bits per heavy atom. The molecular weight excluding hydrogens is 335 g/mol. The second-order valence-corrected chi connectivity index (χ2v) is 4.30. The van der Waals surface area contributed by atoms with Crippen LogP contribution >= 0.6 is 22.6 Å². The highest BCUT2D eigenvalue weighted by atomic mass is 127. The monoisotopic (exact) mass is 346 g/mol. The summed E-state index contributed by atoms with van der Waals surface area (Å²) < 4.78 is 4.62. The van der Waals surface area contributed by atoms with Gasteiger partial charge in [-0.25, -0.2) is 0 Å². The number of methoxy groups -OCH3 is 1. The summed E-state index contributed by atoms with van der Waals surface area (Å²) in [6.07, 6.45) is 1.47. The maximum atomic E-state index is 11.2. The van der Waals surface area contributed by atoms with E-state index in [1.807, 2.05) is 0 Å². The number of phenolic OH excluding ortho intramolecular Hbond substituents is 1. The first kappa shape index (κ1) is 13.7. The maximum Gasteiger partial charge on any atom is 0.225 e. The molecule has 0 saturated heterocycles. The molecule has 0 saturated carbocycles. The Morgan fingerprint density at radius 3 is 2.53 bits per heavy atom. The van der Waals surface area contributed by atoms with Crippen LogP contribution in [0.25, 0.3) is 6.08 Å². The van der Waals surface area contributed by atoms with Crippen LogP contribution in [0.1, 0.15) is 12.5 Å². The van der Waals surface area contributed by atoms with Crippen molar-refractivity contribution >= 4 is 38.2 Å². The fraction of sp³-hybridized carbons (Fsp3) is 0.167. The Hall–Kier alpha value is -1.37. The van der Waals surface area contributed by atoms with Crippen LogP contribution in [0.3, 0.4) is 0 Å². The lowest BCUT2D eigenvalue weighted by molar-refractivity contribution is -0.116. The van der Waals surface area contributed by atoms with E-state index >= 15 is 0 Å². The van der Waals surface area contributed by atoms with Gasteiger partial charge >= 0.3 is 0 Å². The molecule has 1 rings (SSSR count). The number of phenols is 1. The first-order valence-corrected chi connectivity index (χ1v) is 5.83. The number of ketones is 1. The van der Waals surface area contributed by atoms with Gasteiger partial charge in [-0.2, -0.15) is 0 Å². The van der Waals surface area contributed by atoms with E-state index in [2.05, 4.69) is 0 Å². The van der Waals surface area contributed by atoms with Gasteiger partial charge in [0, 0.05) is 22.6 Å². The van der Waals surface area contributed by atoms with Gasteiger partial charge in [0.05, 0.1) is 12.7 Å². The molecule has 1 aromatic carbocycles. The van der Waals surface area contributed by atoms with Crippen molar-refractivity contribution in [1.29, 1.82) is 0 Å². The average Bonchev–Trinajstić information content (AvgIpc) is 2.26. The maximum absolute atomic E-state index is 11.2. The van der Waals surface area contributed by atoms with Crippen LogP contribution in [0, 0.1) is 0 Å². The number of Topliss-reactive ketones (excluding diaryl/α,β-unsaturated/α-hetero) is 1. The molecule has 0 amide bonds. The normalized spacial score (nSPS) is 11.1. The van der Waals surface area contributed by atoms with Crippen molar-refractivity contribution in [3.05, 3.63) is 29.3 Å². The smallest absolute Gasteiger partial charge is 0.225 e. The Kier molecular flexibility index (Phi) is 4.68. The number of aromatic hydroxyl groups is 1. The molecule has 4 nitrogen and oxygen atoms in total. The highest BCUT2D eigenvalue weighted by Crippen LogP contribution is 2.27. The molecule has 0 heterocycles. The fourth-order valence-corrected chi connectivity index (χ4v) is 1.78. The lowest BCUT2D eigenvalue weighted by Gasteiger charge is -2.04. The van der Waals surface area contributed by atoms with Crippen LogP contribution < -0.4 is 4.74 Å². The second-order valence-electron chi connectivity index (χ2n) is 3.32. The summed E-state index contributed by atoms with van der Waals surface area (Å²) in [6.45, 7) is 1.33. The zero-order chi connectivity index (χ0) is 13.0. The molecule has 90 valence electrons. The number of allylic oxidation sites excluding steroid dienone is 1. The van der Waals surface area contributed by atoms with Gasteiger partial charge in [-0.1, -0.05) is 6.07 Å². The van der Waals surface area contributed by atoms with Gasteiger partial charge in [-0.3, -0.25) is 9.59 Å². The number of ether oxygens (including phenoxy) is 1. The van der Waals surface area contributed by atoms with Gasteiger partial charge in [-0.05, 0) is 30.7 Å². The topological polar surface area (TPSA) is 63.6 Å². The van der Waals surface area contributed by atoms with Crippen molar-refractivity contribution in [2.45, 2.75) is 6.92 Å². The number of hydrogen-bond donors (Lipinski definition) is 1. The summed E-state index contributed by atoms with van der Waals surface area (Å²) in [6, 6.07) is 4.60. The molecule has 0 atom stereocenters. The van der Waals surface area contributed by atoms with Gasteiger partial charge in [-0.15, -0.1) is 0 Å². The molecule has 0 spiro atoms. The number of hydrogen-bond acceptors (Lipinski definition) is 4. The largest absolute Gasteiger partial charge is 0.504 e. The predicted molar refractivity (Wildman–Crippen MR) is 72.3 cm³/mol. The van der Waals surface area contributed by atoms with Crippen molar-refractivity contribution < 1.29 is 19.4 Å². The standard InChI is InChI=1S/C12H11IO4/c1-7(14)9(12(13)16)5-8-3-4-10(15)11(6-8)17-2/h3-6,15H,1-2H3/b9-5+. The molecule has 17 heavy (non-hydrogen) atoms. The van der Waals surface area contributed by atoms with E-state index in [4.69, 9.17) is 4.74 Å². The third kappa shape index (κ3) is 3.55. The van der Waals surface area contributed by atoms with E-state index in [1.165, 1.54) is 26.2 Å². The quantitative estimate of drug-likeness (QED) is 0.299. The van der Waals surface area contributed by atoms with Crippen LogP contribution in [0.15, 0.2) is 23.8 Å². The highest BCUT2D eigenvalue weighted by Gasteiger charge is 2.11. The summed E-state index contributed by atoms with van der Waals surface area (Å²) in [4.78, 5) is 22.5. The molecule has 1 aromatic rings. The van der Waals surface area contributed by atoms with Crippen molar-refractivity contribution in [2.24, 2.45) is 0 Å². The van der Waals surface area contributed by atoms with Gasteiger partial charge in [0.1, 0.15) is 0 Å². The molecular formula is C12H11IO4. The first-order valence-electron chi connectivity index (χ1n) is 4.75. The average molecular weight is 346 g/mol. The van der Waals surface area contributed by atoms with Crippen LogP contribution in [-0.2, 0) is 9.59 Å². The van der Waals surface area contributed by atoms with Gasteiger partial charge < -0.3 is 9.84 Å². The first-order chi connectivity index (χ1) is 7.95. The van der Waals surface area contributed by atoms with Crippen LogP contribution in [0.2, 0.25) is 0 Å². The molecule has 0 radical (unpaired) electrons. The van der Waals surface area contributed by atoms with E-state index in [0.717, 1.165) is 0 Å². The van der Waals surface area contributed by atoms with Crippen molar-refractivity contribution in [3.63, 3.8) is 0 Å². The molecule has 1 N–H and O–H groups in total. The Balaban J connectivity index is 3.21. The lowest BCUT2D eigenvalue weighted by atomic mass is 10.1. The Labute approximate surface area is 112 Å². The van der Waals surface area contributed by atoms with Crippen molar-refractivity contribution in [3.8, 4) is 11.5 Å². The molecule has 0 aromatic heterocycles. The predicted octanol–water partition coefficient (Wildman–Crippen LogP) is 2.33. The molecule has 0 aliphatic heterocycles. The van der Waals surface area contributed by atoms with Gasteiger partial charge in [0.25, 0.3) is 0 Å². The number of rotatable bonds is 4. The number of carbonyl (C=O) groups excluding carboxylic acids is 2. The third-order valence-corrected chi connectivity index (χ3v) is 2.69. The van der Waals surface area contributed by atoms with E-state index in [1.54, 1.807) is 34.7 Å².